The van der Waals surface area contributed by atoms with Crippen LogP contribution >= 0.6 is 0 Å². The van der Waals surface area contributed by atoms with E-state index in [1.54, 1.807) is 4.90 Å². The number of ether oxygens (including phenoxy) is 2. The van der Waals surface area contributed by atoms with Crippen molar-refractivity contribution < 1.29 is 14.3 Å². The topological polar surface area (TPSA) is 50.8 Å². The first-order valence-electron chi connectivity index (χ1n) is 11.1. The normalized spacial score (nSPS) is 10.8. The van der Waals surface area contributed by atoms with Crippen LogP contribution in [0.25, 0.3) is 0 Å². The van der Waals surface area contributed by atoms with Crippen LogP contribution in [0, 0.1) is 0 Å². The lowest BCUT2D eigenvalue weighted by molar-refractivity contribution is -0.144. The Morgan fingerprint density at radius 2 is 1.38 bits per heavy atom. The molecule has 0 aliphatic rings. The van der Waals surface area contributed by atoms with E-state index in [-0.39, 0.29) is 5.91 Å². The van der Waals surface area contributed by atoms with Crippen molar-refractivity contribution in [2.75, 3.05) is 25.1 Å². The highest BCUT2D eigenvalue weighted by Crippen LogP contribution is 2.20. The molecule has 0 unspecified atom stereocenters. The first-order valence-corrected chi connectivity index (χ1v) is 11.1. The van der Waals surface area contributed by atoms with Gasteiger partial charge < -0.3 is 19.7 Å². The number of amides is 1. The van der Waals surface area contributed by atoms with Crippen molar-refractivity contribution in [3.05, 3.63) is 102 Å². The van der Waals surface area contributed by atoms with E-state index in [0.717, 1.165) is 16.8 Å². The summed E-state index contributed by atoms with van der Waals surface area (Å²) in [4.78, 5) is 15.5. The third-order valence-electron chi connectivity index (χ3n) is 5.06. The maximum Gasteiger partial charge on any atom is 0.256 e. The Kier molecular flexibility index (Phi) is 9.29. The molecule has 0 fully saturated rings. The van der Waals surface area contributed by atoms with Gasteiger partial charge in [-0.1, -0.05) is 72.8 Å². The lowest BCUT2D eigenvalue weighted by Crippen LogP contribution is -2.39. The maximum atomic E-state index is 13.7. The molecule has 0 heterocycles. The van der Waals surface area contributed by atoms with Crippen molar-refractivity contribution in [1.82, 2.24) is 4.90 Å². The Labute approximate surface area is 191 Å². The van der Waals surface area contributed by atoms with Gasteiger partial charge in [-0.3, -0.25) is 4.79 Å². The number of carbonyl (C=O) groups is 1. The van der Waals surface area contributed by atoms with Crippen LogP contribution < -0.4 is 5.32 Å². The molecule has 32 heavy (non-hydrogen) atoms. The van der Waals surface area contributed by atoms with Crippen LogP contribution in [0.1, 0.15) is 35.3 Å². The molecular weight excluding hydrogens is 400 g/mol. The highest BCUT2D eigenvalue weighted by molar-refractivity contribution is 5.99. The standard InChI is InChI=1S/C27H32N2O3/c1-3-31-26(32-4-2)21-29(20-23-15-9-6-10-16-23)27(30)24-17-11-12-18-25(24)28-19-22-13-7-5-8-14-22/h5-18,26,28H,3-4,19-21H2,1-2H3. The molecule has 1 amide bonds. The molecule has 3 aromatic carbocycles. The molecule has 0 aliphatic heterocycles. The molecule has 0 bridgehead atoms. The summed E-state index contributed by atoms with van der Waals surface area (Å²) in [6, 6.07) is 27.8. The van der Waals surface area contributed by atoms with Crippen LogP contribution in [0.15, 0.2) is 84.9 Å². The van der Waals surface area contributed by atoms with Gasteiger partial charge in [-0.2, -0.15) is 0 Å². The first-order chi connectivity index (χ1) is 15.7. The number of carbonyl (C=O) groups excluding carboxylic acids is 1. The van der Waals surface area contributed by atoms with Gasteiger partial charge in [-0.05, 0) is 37.1 Å². The van der Waals surface area contributed by atoms with Gasteiger partial charge >= 0.3 is 0 Å². The van der Waals surface area contributed by atoms with Crippen LogP contribution in [0.5, 0.6) is 0 Å². The molecule has 0 saturated carbocycles. The Balaban J connectivity index is 1.83. The maximum absolute atomic E-state index is 13.7. The predicted octanol–water partition coefficient (Wildman–Crippen LogP) is 5.34. The van der Waals surface area contributed by atoms with Crippen LogP contribution in [0.3, 0.4) is 0 Å². The number of benzene rings is 3. The van der Waals surface area contributed by atoms with Gasteiger partial charge in [0, 0.05) is 32.0 Å². The van der Waals surface area contributed by atoms with Crippen molar-refractivity contribution in [2.24, 2.45) is 0 Å². The van der Waals surface area contributed by atoms with Crippen LogP contribution in [-0.2, 0) is 22.6 Å². The number of nitrogens with one attached hydrogen (secondary N) is 1. The molecule has 3 rings (SSSR count). The lowest BCUT2D eigenvalue weighted by atomic mass is 10.1. The van der Waals surface area contributed by atoms with E-state index in [2.05, 4.69) is 17.4 Å². The number of para-hydroxylation sites is 1. The number of hydrogen-bond acceptors (Lipinski definition) is 4. The van der Waals surface area contributed by atoms with Crippen LogP contribution in [-0.4, -0.2) is 36.9 Å². The summed E-state index contributed by atoms with van der Waals surface area (Å²) in [5.74, 6) is -0.0607. The van der Waals surface area contributed by atoms with Crippen molar-refractivity contribution in [1.29, 1.82) is 0 Å². The summed E-state index contributed by atoms with van der Waals surface area (Å²) >= 11 is 0. The van der Waals surface area contributed by atoms with E-state index in [1.165, 1.54) is 0 Å². The minimum atomic E-state index is -0.470. The van der Waals surface area contributed by atoms with Gasteiger partial charge in [0.25, 0.3) is 5.91 Å². The zero-order valence-electron chi connectivity index (χ0n) is 18.9. The van der Waals surface area contributed by atoms with E-state index in [4.69, 9.17) is 9.47 Å². The average molecular weight is 433 g/mol. The summed E-state index contributed by atoms with van der Waals surface area (Å²) < 4.78 is 11.5. The van der Waals surface area contributed by atoms with Crippen molar-refractivity contribution in [2.45, 2.75) is 33.2 Å². The zero-order chi connectivity index (χ0) is 22.6. The van der Waals surface area contributed by atoms with Gasteiger partial charge in [0.05, 0.1) is 12.1 Å². The minimum absolute atomic E-state index is 0.0607. The van der Waals surface area contributed by atoms with Crippen LogP contribution in [0.4, 0.5) is 5.69 Å². The Hall–Kier alpha value is -3.15. The second kappa shape index (κ2) is 12.6. The molecule has 168 valence electrons. The highest BCUT2D eigenvalue weighted by Gasteiger charge is 2.23. The summed E-state index contributed by atoms with van der Waals surface area (Å²) in [5, 5.41) is 3.42. The molecule has 5 heteroatoms. The third kappa shape index (κ3) is 6.94. The quantitative estimate of drug-likeness (QED) is 0.393. The molecule has 5 nitrogen and oxygen atoms in total. The molecule has 0 aromatic heterocycles. The lowest BCUT2D eigenvalue weighted by Gasteiger charge is -2.28. The van der Waals surface area contributed by atoms with E-state index in [9.17, 15) is 4.79 Å². The minimum Gasteiger partial charge on any atom is -0.380 e. The number of anilines is 1. The smallest absolute Gasteiger partial charge is 0.256 e. The molecule has 0 saturated heterocycles. The largest absolute Gasteiger partial charge is 0.380 e. The summed E-state index contributed by atoms with van der Waals surface area (Å²) in [5.41, 5.74) is 3.65. The zero-order valence-corrected chi connectivity index (χ0v) is 18.9. The fourth-order valence-electron chi connectivity index (χ4n) is 3.52. The molecule has 1 N–H and O–H groups in total. The van der Waals surface area contributed by atoms with Crippen molar-refractivity contribution in [3.8, 4) is 0 Å². The van der Waals surface area contributed by atoms with Gasteiger partial charge in [-0.25, -0.2) is 0 Å². The van der Waals surface area contributed by atoms with E-state index < -0.39 is 6.29 Å². The highest BCUT2D eigenvalue weighted by atomic mass is 16.7. The fraction of sp³-hybridized carbons (Fsp3) is 0.296. The SMILES string of the molecule is CCOC(CN(Cc1ccccc1)C(=O)c1ccccc1NCc1ccccc1)OCC. The van der Waals surface area contributed by atoms with E-state index in [1.807, 2.05) is 86.6 Å². The summed E-state index contributed by atoms with van der Waals surface area (Å²) in [6.07, 6.45) is -0.470. The van der Waals surface area contributed by atoms with E-state index in [0.29, 0.717) is 38.4 Å². The Morgan fingerprint density at radius 3 is 2.00 bits per heavy atom. The summed E-state index contributed by atoms with van der Waals surface area (Å²) in [7, 11) is 0. The van der Waals surface area contributed by atoms with Gasteiger partial charge in [-0.15, -0.1) is 0 Å². The average Bonchev–Trinajstić information content (AvgIpc) is 2.84. The van der Waals surface area contributed by atoms with Gasteiger partial charge in [0.2, 0.25) is 0 Å². The van der Waals surface area contributed by atoms with Gasteiger partial charge in [0.1, 0.15) is 0 Å². The molecular formula is C27H32N2O3. The predicted molar refractivity (Wildman–Crippen MR) is 128 cm³/mol. The third-order valence-corrected chi connectivity index (χ3v) is 5.06. The number of rotatable bonds is 12. The number of nitrogens with zero attached hydrogens (tertiary/aromatic N) is 1. The van der Waals surface area contributed by atoms with Gasteiger partial charge in [0.15, 0.2) is 6.29 Å². The fourth-order valence-corrected chi connectivity index (χ4v) is 3.52. The summed E-state index contributed by atoms with van der Waals surface area (Å²) in [6.45, 7) is 6.37. The monoisotopic (exact) mass is 432 g/mol. The Bertz CT molecular complexity index is 941. The first kappa shape index (κ1) is 23.5. The van der Waals surface area contributed by atoms with Crippen molar-refractivity contribution >= 4 is 11.6 Å². The molecule has 0 aliphatic carbocycles. The van der Waals surface area contributed by atoms with E-state index >= 15 is 0 Å². The Morgan fingerprint density at radius 1 is 0.812 bits per heavy atom. The van der Waals surface area contributed by atoms with Crippen LogP contribution in [0.2, 0.25) is 0 Å². The molecule has 0 radical (unpaired) electrons. The molecule has 0 atom stereocenters. The second-order valence-electron chi connectivity index (χ2n) is 7.40. The molecule has 3 aromatic rings. The van der Waals surface area contributed by atoms with Crippen molar-refractivity contribution in [3.63, 3.8) is 0 Å². The number of hydrogen-bond donors (Lipinski definition) is 1. The molecule has 0 spiro atoms. The second-order valence-corrected chi connectivity index (χ2v) is 7.40.